The molecule has 1 amide bonds. The minimum atomic E-state index is -0.353. The minimum Gasteiger partial charge on any atom is -0.451 e. The molecule has 1 aliphatic rings. The van der Waals surface area contributed by atoms with Gasteiger partial charge in [-0.25, -0.2) is 4.39 Å². The zero-order valence-corrected chi connectivity index (χ0v) is 18.1. The molecule has 0 radical (unpaired) electrons. The summed E-state index contributed by atoms with van der Waals surface area (Å²) in [4.78, 5) is 21.4. The van der Waals surface area contributed by atoms with E-state index in [0.29, 0.717) is 66.0 Å². The number of aryl methyl sites for hydroxylation is 1. The second-order valence-corrected chi connectivity index (χ2v) is 8.22. The van der Waals surface area contributed by atoms with Gasteiger partial charge < -0.3 is 13.8 Å². The van der Waals surface area contributed by atoms with Crippen molar-refractivity contribution in [2.45, 2.75) is 13.5 Å². The summed E-state index contributed by atoms with van der Waals surface area (Å²) in [5, 5.41) is 5.31. The highest BCUT2D eigenvalue weighted by Gasteiger charge is 2.27. The number of carbonyl (C=O) groups excluding carboxylic acids is 1. The third-order valence-electron chi connectivity index (χ3n) is 5.68. The van der Waals surface area contributed by atoms with Gasteiger partial charge in [0.2, 0.25) is 11.7 Å². The van der Waals surface area contributed by atoms with Crippen molar-refractivity contribution in [2.24, 2.45) is 0 Å². The Morgan fingerprint density at radius 3 is 2.62 bits per heavy atom. The number of rotatable bonds is 4. The van der Waals surface area contributed by atoms with Gasteiger partial charge in [-0.2, -0.15) is 4.98 Å². The van der Waals surface area contributed by atoms with Crippen LogP contribution in [0.1, 0.15) is 22.0 Å². The van der Waals surface area contributed by atoms with Crippen molar-refractivity contribution >= 4 is 28.5 Å². The van der Waals surface area contributed by atoms with Crippen LogP contribution in [0.15, 0.2) is 51.4 Å². The van der Waals surface area contributed by atoms with Crippen molar-refractivity contribution in [1.82, 2.24) is 19.9 Å². The fourth-order valence-corrected chi connectivity index (χ4v) is 4.00. The Bertz CT molecular complexity index is 1280. The van der Waals surface area contributed by atoms with Crippen molar-refractivity contribution in [2.75, 3.05) is 26.2 Å². The van der Waals surface area contributed by atoms with Crippen LogP contribution in [-0.2, 0) is 6.54 Å². The maximum atomic E-state index is 13.6. The summed E-state index contributed by atoms with van der Waals surface area (Å²) in [7, 11) is 0. The average molecular weight is 455 g/mol. The molecule has 0 N–H and O–H groups in total. The zero-order chi connectivity index (χ0) is 22.2. The Kier molecular flexibility index (Phi) is 5.40. The molecule has 4 aromatic rings. The van der Waals surface area contributed by atoms with Crippen molar-refractivity contribution in [3.63, 3.8) is 0 Å². The van der Waals surface area contributed by atoms with E-state index in [-0.39, 0.29) is 17.5 Å². The Morgan fingerprint density at radius 1 is 1.12 bits per heavy atom. The van der Waals surface area contributed by atoms with Crippen molar-refractivity contribution in [3.05, 3.63) is 70.5 Å². The van der Waals surface area contributed by atoms with Gasteiger partial charge >= 0.3 is 0 Å². The number of nitrogens with zero attached hydrogens (tertiary/aromatic N) is 4. The van der Waals surface area contributed by atoms with Gasteiger partial charge in [-0.3, -0.25) is 9.69 Å². The predicted molar refractivity (Wildman–Crippen MR) is 117 cm³/mol. The summed E-state index contributed by atoms with van der Waals surface area (Å²) >= 11 is 5.92. The number of piperazine rings is 1. The summed E-state index contributed by atoms with van der Waals surface area (Å²) in [6.45, 7) is 4.70. The SMILES string of the molecule is Cc1c(C(=O)N2CCN(Cc3nc(-c4ccc(Cl)cc4)no3)CC2)oc2ccc(F)cc12. The number of halogens is 2. The largest absolute Gasteiger partial charge is 0.451 e. The van der Waals surface area contributed by atoms with Gasteiger partial charge in [-0.1, -0.05) is 16.8 Å². The maximum absolute atomic E-state index is 13.6. The quantitative estimate of drug-likeness (QED) is 0.450. The molecule has 1 fully saturated rings. The molecule has 2 aromatic heterocycles. The fourth-order valence-electron chi connectivity index (χ4n) is 3.88. The average Bonchev–Trinajstić information content (AvgIpc) is 3.39. The highest BCUT2D eigenvalue weighted by atomic mass is 35.5. The number of hydrogen-bond acceptors (Lipinski definition) is 6. The first-order valence-corrected chi connectivity index (χ1v) is 10.6. The van der Waals surface area contributed by atoms with Gasteiger partial charge in [0.25, 0.3) is 5.91 Å². The molecule has 0 bridgehead atoms. The monoisotopic (exact) mass is 454 g/mol. The number of carbonyl (C=O) groups is 1. The van der Waals surface area contributed by atoms with Crippen LogP contribution in [-0.4, -0.2) is 52.0 Å². The smallest absolute Gasteiger partial charge is 0.289 e. The number of hydrogen-bond donors (Lipinski definition) is 0. The molecular formula is C23H20ClFN4O3. The van der Waals surface area contributed by atoms with Crippen LogP contribution in [0.2, 0.25) is 5.02 Å². The third kappa shape index (κ3) is 3.99. The first-order chi connectivity index (χ1) is 15.5. The summed E-state index contributed by atoms with van der Waals surface area (Å²) in [5.74, 6) is 0.770. The molecule has 3 heterocycles. The molecule has 0 aliphatic carbocycles. The molecule has 9 heteroatoms. The van der Waals surface area contributed by atoms with Crippen molar-refractivity contribution < 1.29 is 18.1 Å². The number of fused-ring (bicyclic) bond motifs is 1. The van der Waals surface area contributed by atoms with Crippen LogP contribution < -0.4 is 0 Å². The van der Waals surface area contributed by atoms with Crippen LogP contribution in [0.25, 0.3) is 22.4 Å². The van der Waals surface area contributed by atoms with Crippen molar-refractivity contribution in [1.29, 1.82) is 0 Å². The molecule has 0 unspecified atom stereocenters. The molecule has 32 heavy (non-hydrogen) atoms. The van der Waals surface area contributed by atoms with Gasteiger partial charge in [0.1, 0.15) is 11.4 Å². The lowest BCUT2D eigenvalue weighted by molar-refractivity contribution is 0.0586. The highest BCUT2D eigenvalue weighted by molar-refractivity contribution is 6.30. The lowest BCUT2D eigenvalue weighted by atomic mass is 10.1. The number of benzene rings is 2. The molecule has 0 saturated carbocycles. The van der Waals surface area contributed by atoms with E-state index in [4.69, 9.17) is 20.5 Å². The molecule has 164 valence electrons. The van der Waals surface area contributed by atoms with E-state index < -0.39 is 0 Å². The van der Waals surface area contributed by atoms with E-state index in [2.05, 4.69) is 15.0 Å². The summed E-state index contributed by atoms with van der Waals surface area (Å²) in [6.07, 6.45) is 0. The van der Waals surface area contributed by atoms with Gasteiger partial charge in [0.05, 0.1) is 6.54 Å². The molecule has 5 rings (SSSR count). The number of amides is 1. The molecule has 0 spiro atoms. The predicted octanol–water partition coefficient (Wildman–Crippen LogP) is 4.54. The molecular weight excluding hydrogens is 435 g/mol. The number of furan rings is 1. The second-order valence-electron chi connectivity index (χ2n) is 7.78. The second kappa shape index (κ2) is 8.37. The topological polar surface area (TPSA) is 75.6 Å². The Hall–Kier alpha value is -3.23. The maximum Gasteiger partial charge on any atom is 0.289 e. The van der Waals surface area contributed by atoms with Gasteiger partial charge in [-0.05, 0) is 49.4 Å². The van der Waals surface area contributed by atoms with Crippen molar-refractivity contribution in [3.8, 4) is 11.4 Å². The Labute approximate surface area is 188 Å². The van der Waals surface area contributed by atoms with Crippen LogP contribution in [0.4, 0.5) is 4.39 Å². The molecule has 1 aliphatic heterocycles. The zero-order valence-electron chi connectivity index (χ0n) is 17.3. The molecule has 0 atom stereocenters. The van der Waals surface area contributed by atoms with Crippen LogP contribution in [0.3, 0.4) is 0 Å². The van der Waals surface area contributed by atoms with E-state index in [1.165, 1.54) is 12.1 Å². The highest BCUT2D eigenvalue weighted by Crippen LogP contribution is 2.27. The lowest BCUT2D eigenvalue weighted by Crippen LogP contribution is -2.48. The van der Waals surface area contributed by atoms with E-state index in [9.17, 15) is 9.18 Å². The van der Waals surface area contributed by atoms with E-state index >= 15 is 0 Å². The molecule has 2 aromatic carbocycles. The summed E-state index contributed by atoms with van der Waals surface area (Å²) in [6, 6.07) is 11.5. The van der Waals surface area contributed by atoms with Gasteiger partial charge in [0.15, 0.2) is 5.76 Å². The van der Waals surface area contributed by atoms with Crippen LogP contribution >= 0.6 is 11.6 Å². The van der Waals surface area contributed by atoms with E-state index in [1.807, 2.05) is 12.1 Å². The molecule has 7 nitrogen and oxygen atoms in total. The first kappa shape index (κ1) is 20.7. The molecule has 1 saturated heterocycles. The summed E-state index contributed by atoms with van der Waals surface area (Å²) in [5.41, 5.74) is 2.01. The lowest BCUT2D eigenvalue weighted by Gasteiger charge is -2.33. The van der Waals surface area contributed by atoms with Gasteiger partial charge in [-0.15, -0.1) is 0 Å². The van der Waals surface area contributed by atoms with Crippen LogP contribution in [0, 0.1) is 12.7 Å². The standard InChI is InChI=1S/C23H20ClFN4O3/c1-14-18-12-17(25)6-7-19(18)31-21(14)23(30)29-10-8-28(9-11-29)13-20-26-22(27-32-20)15-2-4-16(24)5-3-15/h2-7,12H,8-11,13H2,1H3. The summed E-state index contributed by atoms with van der Waals surface area (Å²) < 4.78 is 24.7. The Morgan fingerprint density at radius 2 is 1.88 bits per heavy atom. The van der Waals surface area contributed by atoms with Gasteiger partial charge in [0, 0.05) is 47.7 Å². The first-order valence-electron chi connectivity index (χ1n) is 10.3. The van der Waals surface area contributed by atoms with Crippen LogP contribution in [0.5, 0.6) is 0 Å². The third-order valence-corrected chi connectivity index (χ3v) is 5.93. The number of aromatic nitrogens is 2. The minimum absolute atomic E-state index is 0.179. The van der Waals surface area contributed by atoms with E-state index in [1.54, 1.807) is 30.0 Å². The Balaban J connectivity index is 1.22. The normalized spacial score (nSPS) is 14.9. The van der Waals surface area contributed by atoms with E-state index in [0.717, 1.165) is 5.56 Å². The fraction of sp³-hybridized carbons (Fsp3) is 0.261.